The third-order valence-corrected chi connectivity index (χ3v) is 2.90. The van der Waals surface area contributed by atoms with E-state index in [4.69, 9.17) is 0 Å². The zero-order valence-electron chi connectivity index (χ0n) is 10.6. The summed E-state index contributed by atoms with van der Waals surface area (Å²) in [4.78, 5) is 30.6. The standard InChI is InChI=1S/C11H13F3N4O2/c1-6-3-15-10(16-6)17-9(20)7-2-8(19)18(4-7)5-11(12,13)14/h3,7H,2,4-5H2,1H3,(H2,15,16,17,20)/t7-/m0/s1. The zero-order valence-corrected chi connectivity index (χ0v) is 10.6. The van der Waals surface area contributed by atoms with Gasteiger partial charge in [-0.25, -0.2) is 4.98 Å². The molecule has 2 heterocycles. The molecule has 2 rings (SSSR count). The molecule has 0 unspecified atom stereocenters. The average Bonchev–Trinajstić information content (AvgIpc) is 2.85. The predicted molar refractivity (Wildman–Crippen MR) is 62.7 cm³/mol. The number of nitrogens with zero attached hydrogens (tertiary/aromatic N) is 2. The number of carbonyl (C=O) groups excluding carboxylic acids is 2. The van der Waals surface area contributed by atoms with Crippen LogP contribution in [-0.4, -0.2) is 45.9 Å². The molecule has 0 aromatic carbocycles. The van der Waals surface area contributed by atoms with Gasteiger partial charge in [0.1, 0.15) is 6.54 Å². The molecule has 2 amide bonds. The first-order valence-corrected chi connectivity index (χ1v) is 5.91. The van der Waals surface area contributed by atoms with Crippen LogP contribution in [0.2, 0.25) is 0 Å². The number of aromatic amines is 1. The monoisotopic (exact) mass is 290 g/mol. The second kappa shape index (κ2) is 5.14. The summed E-state index contributed by atoms with van der Waals surface area (Å²) < 4.78 is 36.7. The summed E-state index contributed by atoms with van der Waals surface area (Å²) in [6.07, 6.45) is -3.17. The summed E-state index contributed by atoms with van der Waals surface area (Å²) in [5, 5.41) is 2.44. The Morgan fingerprint density at radius 1 is 1.60 bits per heavy atom. The number of aromatic nitrogens is 2. The summed E-state index contributed by atoms with van der Waals surface area (Å²) in [6, 6.07) is 0. The summed E-state index contributed by atoms with van der Waals surface area (Å²) in [6.45, 7) is 0.187. The molecule has 1 aliphatic heterocycles. The fourth-order valence-corrected chi connectivity index (χ4v) is 2.01. The van der Waals surface area contributed by atoms with E-state index in [9.17, 15) is 22.8 Å². The van der Waals surface area contributed by atoms with E-state index in [2.05, 4.69) is 15.3 Å². The van der Waals surface area contributed by atoms with Crippen molar-refractivity contribution in [3.05, 3.63) is 11.9 Å². The highest BCUT2D eigenvalue weighted by Crippen LogP contribution is 2.24. The largest absolute Gasteiger partial charge is 0.406 e. The molecule has 20 heavy (non-hydrogen) atoms. The number of H-pyrrole nitrogens is 1. The molecule has 110 valence electrons. The van der Waals surface area contributed by atoms with Crippen molar-refractivity contribution in [3.8, 4) is 0 Å². The summed E-state index contributed by atoms with van der Waals surface area (Å²) in [5.74, 6) is -1.76. The van der Waals surface area contributed by atoms with E-state index in [0.29, 0.717) is 4.90 Å². The van der Waals surface area contributed by atoms with Gasteiger partial charge in [-0.05, 0) is 6.92 Å². The molecule has 0 radical (unpaired) electrons. The number of carbonyl (C=O) groups is 2. The van der Waals surface area contributed by atoms with Gasteiger partial charge in [-0.15, -0.1) is 0 Å². The van der Waals surface area contributed by atoms with Crippen molar-refractivity contribution < 1.29 is 22.8 Å². The fraction of sp³-hybridized carbons (Fsp3) is 0.545. The highest BCUT2D eigenvalue weighted by Gasteiger charge is 2.40. The lowest BCUT2D eigenvalue weighted by Gasteiger charge is -2.18. The van der Waals surface area contributed by atoms with Gasteiger partial charge in [0, 0.05) is 24.9 Å². The normalized spacial score (nSPS) is 19.5. The number of hydrogen-bond donors (Lipinski definition) is 2. The Hall–Kier alpha value is -2.06. The van der Waals surface area contributed by atoms with Gasteiger partial charge in [0.2, 0.25) is 17.8 Å². The summed E-state index contributed by atoms with van der Waals surface area (Å²) in [7, 11) is 0. The summed E-state index contributed by atoms with van der Waals surface area (Å²) >= 11 is 0. The van der Waals surface area contributed by atoms with Crippen molar-refractivity contribution in [2.45, 2.75) is 19.5 Å². The maximum Gasteiger partial charge on any atom is 0.406 e. The molecule has 2 N–H and O–H groups in total. The van der Waals surface area contributed by atoms with E-state index in [1.165, 1.54) is 6.20 Å². The van der Waals surface area contributed by atoms with Crippen LogP contribution < -0.4 is 5.32 Å². The van der Waals surface area contributed by atoms with Gasteiger partial charge in [0.05, 0.1) is 5.92 Å². The molecule has 0 aliphatic carbocycles. The molecular weight excluding hydrogens is 277 g/mol. The number of rotatable bonds is 3. The third-order valence-electron chi connectivity index (χ3n) is 2.90. The number of imidazole rings is 1. The highest BCUT2D eigenvalue weighted by atomic mass is 19.4. The maximum atomic E-state index is 12.2. The Kier molecular flexibility index (Phi) is 3.69. The molecular formula is C11H13F3N4O2. The maximum absolute atomic E-state index is 12.2. The van der Waals surface area contributed by atoms with E-state index >= 15 is 0 Å². The summed E-state index contributed by atoms with van der Waals surface area (Å²) in [5.41, 5.74) is 0.737. The van der Waals surface area contributed by atoms with E-state index in [-0.39, 0.29) is 18.9 Å². The van der Waals surface area contributed by atoms with E-state index in [0.717, 1.165) is 5.69 Å². The number of anilines is 1. The molecule has 1 aromatic rings. The van der Waals surface area contributed by atoms with Crippen molar-refractivity contribution in [2.75, 3.05) is 18.4 Å². The Balaban J connectivity index is 1.94. The Morgan fingerprint density at radius 2 is 2.30 bits per heavy atom. The first-order chi connectivity index (χ1) is 9.24. The number of aryl methyl sites for hydroxylation is 1. The molecule has 9 heteroatoms. The quantitative estimate of drug-likeness (QED) is 0.874. The van der Waals surface area contributed by atoms with E-state index < -0.39 is 30.5 Å². The van der Waals surface area contributed by atoms with Gasteiger partial charge in [0.25, 0.3) is 0 Å². The van der Waals surface area contributed by atoms with Crippen LogP contribution in [0.5, 0.6) is 0 Å². The van der Waals surface area contributed by atoms with Gasteiger partial charge in [-0.2, -0.15) is 13.2 Å². The number of likely N-dealkylation sites (tertiary alicyclic amines) is 1. The SMILES string of the molecule is Cc1cnc(NC(=O)[C@H]2CC(=O)N(CC(F)(F)F)C2)[nH]1. The van der Waals surface area contributed by atoms with E-state index in [1.54, 1.807) is 6.92 Å². The predicted octanol–water partition coefficient (Wildman–Crippen LogP) is 1.07. The minimum absolute atomic E-state index is 0.217. The molecule has 1 atom stereocenters. The Labute approximate surface area is 112 Å². The first-order valence-electron chi connectivity index (χ1n) is 5.91. The smallest absolute Gasteiger partial charge is 0.333 e. The van der Waals surface area contributed by atoms with Crippen molar-refractivity contribution in [1.82, 2.24) is 14.9 Å². The average molecular weight is 290 g/mol. The van der Waals surface area contributed by atoms with Crippen LogP contribution in [0, 0.1) is 12.8 Å². The minimum Gasteiger partial charge on any atom is -0.333 e. The number of hydrogen-bond acceptors (Lipinski definition) is 3. The zero-order chi connectivity index (χ0) is 14.9. The topological polar surface area (TPSA) is 78.1 Å². The minimum atomic E-state index is -4.46. The third kappa shape index (κ3) is 3.49. The van der Waals surface area contributed by atoms with Crippen LogP contribution >= 0.6 is 0 Å². The number of alkyl halides is 3. The highest BCUT2D eigenvalue weighted by molar-refractivity contribution is 5.96. The van der Waals surface area contributed by atoms with Gasteiger partial charge >= 0.3 is 6.18 Å². The van der Waals surface area contributed by atoms with Gasteiger partial charge < -0.3 is 9.88 Å². The molecule has 0 bridgehead atoms. The van der Waals surface area contributed by atoms with Crippen molar-refractivity contribution >= 4 is 17.8 Å². The molecule has 6 nitrogen and oxygen atoms in total. The Morgan fingerprint density at radius 3 is 2.85 bits per heavy atom. The lowest BCUT2D eigenvalue weighted by atomic mass is 10.1. The van der Waals surface area contributed by atoms with Crippen LogP contribution in [0.25, 0.3) is 0 Å². The van der Waals surface area contributed by atoms with Crippen LogP contribution in [-0.2, 0) is 9.59 Å². The molecule has 1 aromatic heterocycles. The fourth-order valence-electron chi connectivity index (χ4n) is 2.01. The van der Waals surface area contributed by atoms with Crippen molar-refractivity contribution in [3.63, 3.8) is 0 Å². The molecule has 1 saturated heterocycles. The van der Waals surface area contributed by atoms with Gasteiger partial charge in [0.15, 0.2) is 0 Å². The lowest BCUT2D eigenvalue weighted by molar-refractivity contribution is -0.157. The van der Waals surface area contributed by atoms with Crippen molar-refractivity contribution in [1.29, 1.82) is 0 Å². The second-order valence-corrected chi connectivity index (χ2v) is 4.69. The lowest BCUT2D eigenvalue weighted by Crippen LogP contribution is -2.36. The molecule has 1 aliphatic rings. The van der Waals surface area contributed by atoms with Crippen molar-refractivity contribution in [2.24, 2.45) is 5.92 Å². The molecule has 0 saturated carbocycles. The molecule has 1 fully saturated rings. The second-order valence-electron chi connectivity index (χ2n) is 4.69. The van der Waals surface area contributed by atoms with Gasteiger partial charge in [-0.1, -0.05) is 0 Å². The van der Waals surface area contributed by atoms with Gasteiger partial charge in [-0.3, -0.25) is 14.9 Å². The van der Waals surface area contributed by atoms with E-state index in [1.807, 2.05) is 0 Å². The Bertz CT molecular complexity index is 526. The van der Waals surface area contributed by atoms with Crippen LogP contribution in [0.15, 0.2) is 6.20 Å². The van der Waals surface area contributed by atoms with Crippen LogP contribution in [0.1, 0.15) is 12.1 Å². The number of amides is 2. The van der Waals surface area contributed by atoms with Crippen LogP contribution in [0.4, 0.5) is 19.1 Å². The molecule has 0 spiro atoms. The number of nitrogens with one attached hydrogen (secondary N) is 2. The first kappa shape index (κ1) is 14.4. The number of halogens is 3. The van der Waals surface area contributed by atoms with Crippen LogP contribution in [0.3, 0.4) is 0 Å².